The molecule has 1 heterocycles. The molecule has 0 unspecified atom stereocenters. The first kappa shape index (κ1) is 10.0. The van der Waals surface area contributed by atoms with E-state index in [1.807, 2.05) is 19.4 Å². The molecule has 2 nitrogen and oxygen atoms in total. The fraction of sp³-hybridized carbons (Fsp3) is 0.545. The van der Waals surface area contributed by atoms with Gasteiger partial charge in [-0.05, 0) is 30.4 Å². The molecule has 72 valence electrons. The SMILES string of the molecule is CNc1cncc(CCC(C)C)c1. The molecule has 1 aromatic heterocycles. The van der Waals surface area contributed by atoms with Gasteiger partial charge < -0.3 is 5.32 Å². The van der Waals surface area contributed by atoms with E-state index in [4.69, 9.17) is 0 Å². The average molecular weight is 178 g/mol. The van der Waals surface area contributed by atoms with Crippen LogP contribution in [0.1, 0.15) is 25.8 Å². The van der Waals surface area contributed by atoms with Gasteiger partial charge in [-0.1, -0.05) is 13.8 Å². The molecule has 0 aliphatic heterocycles. The van der Waals surface area contributed by atoms with Crippen LogP contribution in [0, 0.1) is 5.92 Å². The lowest BCUT2D eigenvalue weighted by Crippen LogP contribution is -1.95. The topological polar surface area (TPSA) is 24.9 Å². The molecule has 0 amide bonds. The number of aromatic nitrogens is 1. The van der Waals surface area contributed by atoms with Crippen LogP contribution in [0.25, 0.3) is 0 Å². The minimum Gasteiger partial charge on any atom is -0.387 e. The van der Waals surface area contributed by atoms with Gasteiger partial charge in [0.05, 0.1) is 5.69 Å². The minimum absolute atomic E-state index is 0.762. The zero-order valence-electron chi connectivity index (χ0n) is 8.67. The first-order valence-corrected chi connectivity index (χ1v) is 4.84. The van der Waals surface area contributed by atoms with Crippen LogP contribution in [0.15, 0.2) is 18.5 Å². The molecule has 0 radical (unpaired) electrons. The van der Waals surface area contributed by atoms with Crippen molar-refractivity contribution in [3.05, 3.63) is 24.0 Å². The van der Waals surface area contributed by atoms with Crippen molar-refractivity contribution in [2.24, 2.45) is 5.92 Å². The summed E-state index contributed by atoms with van der Waals surface area (Å²) >= 11 is 0. The molecule has 0 atom stereocenters. The van der Waals surface area contributed by atoms with Crippen LogP contribution < -0.4 is 5.32 Å². The largest absolute Gasteiger partial charge is 0.387 e. The quantitative estimate of drug-likeness (QED) is 0.766. The highest BCUT2D eigenvalue weighted by atomic mass is 14.8. The highest BCUT2D eigenvalue weighted by Crippen LogP contribution is 2.11. The third kappa shape index (κ3) is 3.45. The summed E-state index contributed by atoms with van der Waals surface area (Å²) in [5, 5.41) is 3.09. The lowest BCUT2D eigenvalue weighted by molar-refractivity contribution is 0.586. The lowest BCUT2D eigenvalue weighted by atomic mass is 10.0. The number of hydrogen-bond donors (Lipinski definition) is 1. The van der Waals surface area contributed by atoms with Gasteiger partial charge in [0, 0.05) is 19.4 Å². The predicted octanol–water partition coefficient (Wildman–Crippen LogP) is 2.71. The Balaban J connectivity index is 2.56. The van der Waals surface area contributed by atoms with Gasteiger partial charge >= 0.3 is 0 Å². The molecule has 1 rings (SSSR count). The molecule has 1 N–H and O–H groups in total. The summed E-state index contributed by atoms with van der Waals surface area (Å²) in [7, 11) is 1.92. The summed E-state index contributed by atoms with van der Waals surface area (Å²) in [6.07, 6.45) is 6.15. The third-order valence-corrected chi connectivity index (χ3v) is 2.09. The first-order valence-electron chi connectivity index (χ1n) is 4.84. The Morgan fingerprint density at radius 3 is 2.77 bits per heavy atom. The highest BCUT2D eigenvalue weighted by molar-refractivity contribution is 5.41. The van der Waals surface area contributed by atoms with Crippen molar-refractivity contribution in [1.29, 1.82) is 0 Å². The van der Waals surface area contributed by atoms with Gasteiger partial charge in [0.15, 0.2) is 0 Å². The van der Waals surface area contributed by atoms with E-state index in [0.29, 0.717) is 0 Å². The van der Waals surface area contributed by atoms with Crippen LogP contribution in [-0.2, 0) is 6.42 Å². The Morgan fingerprint density at radius 2 is 2.15 bits per heavy atom. The summed E-state index contributed by atoms with van der Waals surface area (Å²) in [5.41, 5.74) is 2.42. The van der Waals surface area contributed by atoms with Gasteiger partial charge in [-0.15, -0.1) is 0 Å². The Hall–Kier alpha value is -1.05. The van der Waals surface area contributed by atoms with Crippen LogP contribution in [-0.4, -0.2) is 12.0 Å². The maximum Gasteiger partial charge on any atom is 0.0526 e. The predicted molar refractivity (Wildman–Crippen MR) is 56.9 cm³/mol. The second-order valence-electron chi connectivity index (χ2n) is 3.76. The minimum atomic E-state index is 0.762. The molecule has 1 aromatic rings. The lowest BCUT2D eigenvalue weighted by Gasteiger charge is -2.05. The standard InChI is InChI=1S/C11H18N2/c1-9(2)4-5-10-6-11(12-3)8-13-7-10/h6-9,12H,4-5H2,1-3H3. The summed E-state index contributed by atoms with van der Waals surface area (Å²) in [4.78, 5) is 4.17. The molecule has 0 fully saturated rings. The van der Waals surface area contributed by atoms with Crippen molar-refractivity contribution in [3.63, 3.8) is 0 Å². The molecule has 0 saturated heterocycles. The molecule has 0 spiro atoms. The van der Waals surface area contributed by atoms with E-state index < -0.39 is 0 Å². The number of pyridine rings is 1. The monoisotopic (exact) mass is 178 g/mol. The van der Waals surface area contributed by atoms with Crippen LogP contribution >= 0.6 is 0 Å². The third-order valence-electron chi connectivity index (χ3n) is 2.09. The molecule has 0 aliphatic carbocycles. The second kappa shape index (κ2) is 4.85. The molecule has 13 heavy (non-hydrogen) atoms. The van der Waals surface area contributed by atoms with E-state index in [1.54, 1.807) is 0 Å². The van der Waals surface area contributed by atoms with E-state index in [2.05, 4.69) is 30.2 Å². The first-order chi connectivity index (χ1) is 6.22. The Labute approximate surface area is 80.4 Å². The smallest absolute Gasteiger partial charge is 0.0526 e. The molecular weight excluding hydrogens is 160 g/mol. The maximum atomic E-state index is 4.17. The summed E-state index contributed by atoms with van der Waals surface area (Å²) in [6.45, 7) is 4.49. The van der Waals surface area contributed by atoms with E-state index in [0.717, 1.165) is 18.0 Å². The van der Waals surface area contributed by atoms with E-state index in [1.165, 1.54) is 12.0 Å². The van der Waals surface area contributed by atoms with Gasteiger partial charge in [0.25, 0.3) is 0 Å². The molecule has 0 aliphatic rings. The Bertz CT molecular complexity index is 256. The van der Waals surface area contributed by atoms with Gasteiger partial charge in [0.1, 0.15) is 0 Å². The maximum absolute atomic E-state index is 4.17. The number of aryl methyl sites for hydroxylation is 1. The van der Waals surface area contributed by atoms with Gasteiger partial charge in [0.2, 0.25) is 0 Å². The number of rotatable bonds is 4. The molecule has 0 aromatic carbocycles. The number of nitrogens with one attached hydrogen (secondary N) is 1. The summed E-state index contributed by atoms with van der Waals surface area (Å²) in [5.74, 6) is 0.762. The van der Waals surface area contributed by atoms with Crippen molar-refractivity contribution >= 4 is 5.69 Å². The van der Waals surface area contributed by atoms with E-state index in [9.17, 15) is 0 Å². The normalized spacial score (nSPS) is 10.5. The fourth-order valence-corrected chi connectivity index (χ4v) is 1.22. The highest BCUT2D eigenvalue weighted by Gasteiger charge is 1.98. The van der Waals surface area contributed by atoms with Crippen LogP contribution in [0.3, 0.4) is 0 Å². The van der Waals surface area contributed by atoms with Crippen molar-refractivity contribution in [2.75, 3.05) is 12.4 Å². The summed E-state index contributed by atoms with van der Waals surface area (Å²) in [6, 6.07) is 2.16. The van der Waals surface area contributed by atoms with Gasteiger partial charge in [-0.3, -0.25) is 4.98 Å². The van der Waals surface area contributed by atoms with Crippen molar-refractivity contribution < 1.29 is 0 Å². The van der Waals surface area contributed by atoms with Crippen LogP contribution in [0.4, 0.5) is 5.69 Å². The van der Waals surface area contributed by atoms with Crippen molar-refractivity contribution in [1.82, 2.24) is 4.98 Å². The summed E-state index contributed by atoms with van der Waals surface area (Å²) < 4.78 is 0. The fourth-order valence-electron chi connectivity index (χ4n) is 1.22. The number of anilines is 1. The number of nitrogens with zero attached hydrogens (tertiary/aromatic N) is 1. The molecule has 0 bridgehead atoms. The van der Waals surface area contributed by atoms with Crippen molar-refractivity contribution in [3.8, 4) is 0 Å². The van der Waals surface area contributed by atoms with Gasteiger partial charge in [-0.2, -0.15) is 0 Å². The van der Waals surface area contributed by atoms with E-state index in [-0.39, 0.29) is 0 Å². The number of hydrogen-bond acceptors (Lipinski definition) is 2. The van der Waals surface area contributed by atoms with Gasteiger partial charge in [-0.25, -0.2) is 0 Å². The molecular formula is C11H18N2. The van der Waals surface area contributed by atoms with Crippen LogP contribution in [0.5, 0.6) is 0 Å². The Morgan fingerprint density at radius 1 is 1.38 bits per heavy atom. The zero-order chi connectivity index (χ0) is 9.68. The molecule has 0 saturated carbocycles. The zero-order valence-corrected chi connectivity index (χ0v) is 8.67. The average Bonchev–Trinajstić information content (AvgIpc) is 2.15. The van der Waals surface area contributed by atoms with Crippen molar-refractivity contribution in [2.45, 2.75) is 26.7 Å². The van der Waals surface area contributed by atoms with E-state index >= 15 is 0 Å². The van der Waals surface area contributed by atoms with Crippen LogP contribution in [0.2, 0.25) is 0 Å². The Kier molecular flexibility index (Phi) is 3.74. The molecule has 2 heteroatoms. The second-order valence-corrected chi connectivity index (χ2v) is 3.76.